The number of hydrogen-bond donors (Lipinski definition) is 1. The number of carbonyl (C=O) groups is 1. The predicted molar refractivity (Wildman–Crippen MR) is 86.9 cm³/mol. The Morgan fingerprint density at radius 1 is 1.23 bits per heavy atom. The Morgan fingerprint density at radius 3 is 2.68 bits per heavy atom. The second-order valence-electron chi connectivity index (χ2n) is 5.06. The summed E-state index contributed by atoms with van der Waals surface area (Å²) in [6, 6.07) is 13.6. The summed E-state index contributed by atoms with van der Waals surface area (Å²) < 4.78 is 5.35. The average molecular weight is 312 g/mol. The Kier molecular flexibility index (Phi) is 4.06. The highest BCUT2D eigenvalue weighted by atomic mass is 32.1. The number of hydrogen-bond acceptors (Lipinski definition) is 4. The smallest absolute Gasteiger partial charge is 0.257 e. The van der Waals surface area contributed by atoms with E-state index >= 15 is 0 Å². The fourth-order valence-corrected chi connectivity index (χ4v) is 3.01. The molecule has 0 aliphatic rings. The molecule has 0 saturated carbocycles. The number of thiophene rings is 1. The molecular formula is C17H16N2O2S. The molecule has 0 spiro atoms. The minimum atomic E-state index is -0.168. The quantitative estimate of drug-likeness (QED) is 0.785. The van der Waals surface area contributed by atoms with Crippen LogP contribution in [0.3, 0.4) is 0 Å². The molecule has 112 valence electrons. The third-order valence-electron chi connectivity index (χ3n) is 3.48. The standard InChI is InChI=1S/C17H16N2O2S/c1-11(13-7-4-3-5-8-13)18-17(20)15-12(2)19-21-16(15)14-9-6-10-22-14/h3-11H,1-2H3,(H,18,20)/t11-/m0/s1. The molecule has 0 radical (unpaired) electrons. The molecule has 3 rings (SSSR count). The van der Waals surface area contributed by atoms with Gasteiger partial charge in [0.2, 0.25) is 0 Å². The molecule has 3 aromatic rings. The van der Waals surface area contributed by atoms with E-state index in [1.807, 2.05) is 54.8 Å². The molecule has 2 heterocycles. The second-order valence-corrected chi connectivity index (χ2v) is 6.00. The highest BCUT2D eigenvalue weighted by molar-refractivity contribution is 7.13. The molecule has 0 aliphatic carbocycles. The van der Waals surface area contributed by atoms with Crippen LogP contribution in [0.4, 0.5) is 0 Å². The second kappa shape index (κ2) is 6.15. The number of nitrogens with zero attached hydrogens (tertiary/aromatic N) is 1. The molecule has 1 amide bonds. The topological polar surface area (TPSA) is 55.1 Å². The van der Waals surface area contributed by atoms with Crippen molar-refractivity contribution in [2.75, 3.05) is 0 Å². The lowest BCUT2D eigenvalue weighted by Gasteiger charge is -2.14. The molecule has 0 bridgehead atoms. The maximum Gasteiger partial charge on any atom is 0.257 e. The van der Waals surface area contributed by atoms with Gasteiger partial charge in [-0.2, -0.15) is 0 Å². The van der Waals surface area contributed by atoms with Crippen molar-refractivity contribution in [1.82, 2.24) is 10.5 Å². The maximum atomic E-state index is 12.6. The Hall–Kier alpha value is -2.40. The van der Waals surface area contributed by atoms with Crippen molar-refractivity contribution < 1.29 is 9.32 Å². The number of amides is 1. The minimum Gasteiger partial charge on any atom is -0.354 e. The van der Waals surface area contributed by atoms with Gasteiger partial charge in [0.15, 0.2) is 5.76 Å². The molecule has 1 atom stereocenters. The molecule has 0 unspecified atom stereocenters. The first-order valence-electron chi connectivity index (χ1n) is 7.02. The summed E-state index contributed by atoms with van der Waals surface area (Å²) in [5, 5.41) is 8.90. The summed E-state index contributed by atoms with van der Waals surface area (Å²) >= 11 is 1.52. The van der Waals surface area contributed by atoms with Gasteiger partial charge in [-0.1, -0.05) is 41.6 Å². The van der Waals surface area contributed by atoms with Crippen LogP contribution in [-0.4, -0.2) is 11.1 Å². The highest BCUT2D eigenvalue weighted by Gasteiger charge is 2.23. The number of carbonyl (C=O) groups excluding carboxylic acids is 1. The van der Waals surface area contributed by atoms with Gasteiger partial charge in [-0.15, -0.1) is 11.3 Å². The first-order valence-corrected chi connectivity index (χ1v) is 7.90. The zero-order valence-corrected chi connectivity index (χ0v) is 13.2. The van der Waals surface area contributed by atoms with Gasteiger partial charge in [-0.05, 0) is 30.9 Å². The predicted octanol–water partition coefficient (Wildman–Crippen LogP) is 4.20. The molecular weight excluding hydrogens is 296 g/mol. The molecule has 4 nitrogen and oxygen atoms in total. The Morgan fingerprint density at radius 2 is 2.00 bits per heavy atom. The molecule has 0 saturated heterocycles. The van der Waals surface area contributed by atoms with Gasteiger partial charge >= 0.3 is 0 Å². The van der Waals surface area contributed by atoms with Gasteiger partial charge in [0.05, 0.1) is 16.6 Å². The first-order chi connectivity index (χ1) is 10.7. The molecule has 0 fully saturated rings. The lowest BCUT2D eigenvalue weighted by molar-refractivity contribution is 0.0939. The number of rotatable bonds is 4. The van der Waals surface area contributed by atoms with E-state index < -0.39 is 0 Å². The summed E-state index contributed by atoms with van der Waals surface area (Å²) in [6.45, 7) is 3.74. The minimum absolute atomic E-state index is 0.0841. The average Bonchev–Trinajstić information content (AvgIpc) is 3.17. The van der Waals surface area contributed by atoms with E-state index in [1.54, 1.807) is 6.92 Å². The van der Waals surface area contributed by atoms with Crippen LogP contribution in [0.2, 0.25) is 0 Å². The number of benzene rings is 1. The lowest BCUT2D eigenvalue weighted by Crippen LogP contribution is -2.27. The summed E-state index contributed by atoms with van der Waals surface area (Å²) in [6.07, 6.45) is 0. The van der Waals surface area contributed by atoms with E-state index in [0.717, 1.165) is 10.4 Å². The van der Waals surface area contributed by atoms with Gasteiger partial charge in [0, 0.05) is 0 Å². The maximum absolute atomic E-state index is 12.6. The highest BCUT2D eigenvalue weighted by Crippen LogP contribution is 2.30. The van der Waals surface area contributed by atoms with Crippen LogP contribution in [0.1, 0.15) is 34.6 Å². The van der Waals surface area contributed by atoms with Gasteiger partial charge < -0.3 is 9.84 Å². The van der Waals surface area contributed by atoms with Crippen LogP contribution in [0, 0.1) is 6.92 Å². The van der Waals surface area contributed by atoms with Crippen molar-refractivity contribution in [3.63, 3.8) is 0 Å². The molecule has 0 aliphatic heterocycles. The number of aryl methyl sites for hydroxylation is 1. The Labute approximate surface area is 132 Å². The van der Waals surface area contributed by atoms with Gasteiger partial charge in [0.25, 0.3) is 5.91 Å². The lowest BCUT2D eigenvalue weighted by atomic mass is 10.1. The largest absolute Gasteiger partial charge is 0.354 e. The monoisotopic (exact) mass is 312 g/mol. The number of nitrogens with one attached hydrogen (secondary N) is 1. The van der Waals surface area contributed by atoms with Crippen molar-refractivity contribution in [3.8, 4) is 10.6 Å². The van der Waals surface area contributed by atoms with Crippen molar-refractivity contribution in [3.05, 3.63) is 64.7 Å². The number of aromatic nitrogens is 1. The molecule has 1 aromatic carbocycles. The molecule has 1 N–H and O–H groups in total. The van der Waals surface area contributed by atoms with E-state index in [4.69, 9.17) is 4.52 Å². The van der Waals surface area contributed by atoms with Crippen molar-refractivity contribution in [2.45, 2.75) is 19.9 Å². The van der Waals surface area contributed by atoms with E-state index in [0.29, 0.717) is 17.0 Å². The van der Waals surface area contributed by atoms with Gasteiger partial charge in [-0.3, -0.25) is 4.79 Å². The Bertz CT molecular complexity index is 763. The Balaban J connectivity index is 1.86. The van der Waals surface area contributed by atoms with Gasteiger partial charge in [-0.25, -0.2) is 0 Å². The zero-order valence-electron chi connectivity index (χ0n) is 12.4. The van der Waals surface area contributed by atoms with Crippen LogP contribution in [0.15, 0.2) is 52.4 Å². The summed E-state index contributed by atoms with van der Waals surface area (Å²) in [5.74, 6) is 0.365. The third-order valence-corrected chi connectivity index (χ3v) is 4.35. The zero-order chi connectivity index (χ0) is 15.5. The molecule has 22 heavy (non-hydrogen) atoms. The van der Waals surface area contributed by atoms with E-state index in [1.165, 1.54) is 11.3 Å². The fraction of sp³-hybridized carbons (Fsp3) is 0.176. The summed E-state index contributed by atoms with van der Waals surface area (Å²) in [5.41, 5.74) is 2.16. The van der Waals surface area contributed by atoms with Gasteiger partial charge in [0.1, 0.15) is 5.56 Å². The van der Waals surface area contributed by atoms with Crippen LogP contribution < -0.4 is 5.32 Å². The third kappa shape index (κ3) is 2.80. The van der Waals surface area contributed by atoms with E-state index in [-0.39, 0.29) is 11.9 Å². The molecule has 5 heteroatoms. The van der Waals surface area contributed by atoms with Crippen molar-refractivity contribution in [1.29, 1.82) is 0 Å². The van der Waals surface area contributed by atoms with Crippen LogP contribution in [0.5, 0.6) is 0 Å². The summed E-state index contributed by atoms with van der Waals surface area (Å²) in [7, 11) is 0. The van der Waals surface area contributed by atoms with Crippen molar-refractivity contribution in [2.24, 2.45) is 0 Å². The first kappa shape index (κ1) is 14.5. The summed E-state index contributed by atoms with van der Waals surface area (Å²) in [4.78, 5) is 13.5. The fourth-order valence-electron chi connectivity index (χ4n) is 2.31. The molecule has 2 aromatic heterocycles. The SMILES string of the molecule is Cc1noc(-c2cccs2)c1C(=O)N[C@@H](C)c1ccccc1. The van der Waals surface area contributed by atoms with Crippen LogP contribution >= 0.6 is 11.3 Å². The van der Waals surface area contributed by atoms with E-state index in [9.17, 15) is 4.79 Å². The van der Waals surface area contributed by atoms with Crippen LogP contribution in [-0.2, 0) is 0 Å². The van der Waals surface area contributed by atoms with Crippen LogP contribution in [0.25, 0.3) is 10.6 Å². The van der Waals surface area contributed by atoms with Crippen molar-refractivity contribution >= 4 is 17.2 Å². The van der Waals surface area contributed by atoms with E-state index in [2.05, 4.69) is 10.5 Å². The normalized spacial score (nSPS) is 12.1.